The van der Waals surface area contributed by atoms with Crippen LogP contribution in [-0.2, 0) is 0 Å². The molecule has 66 heavy (non-hydrogen) atoms. The number of nitrogens with zero attached hydrogens (tertiary/aromatic N) is 7. The minimum absolute atomic E-state index is 0.0837. The zero-order valence-corrected chi connectivity index (χ0v) is 35.3. The van der Waals surface area contributed by atoms with Crippen molar-refractivity contribution in [3.8, 4) is 85.1 Å². The van der Waals surface area contributed by atoms with Crippen LogP contribution in [-0.4, -0.2) is 73.7 Å². The molecule has 0 spiro atoms. The molecule has 11 rings (SSSR count). The smallest absolute Gasteiger partial charge is 0.166 e. The number of aromatic nitrogens is 7. The van der Waals surface area contributed by atoms with Crippen molar-refractivity contribution in [3.63, 3.8) is 0 Å². The molecule has 0 N–H and O–H groups in total. The minimum atomic E-state index is 0.0837. The number of hydrogen-bond donors (Lipinski definition) is 0. The van der Waals surface area contributed by atoms with E-state index < -0.39 is 0 Å². The maximum atomic E-state index is 6.71. The molecule has 7 nitrogen and oxygen atoms in total. The van der Waals surface area contributed by atoms with E-state index in [9.17, 15) is 0 Å². The van der Waals surface area contributed by atoms with Crippen molar-refractivity contribution in [2.24, 2.45) is 0 Å². The second-order valence-corrected chi connectivity index (χ2v) is 15.8. The molecule has 0 unspecified atom stereocenters. The first-order chi connectivity index (χ1) is 32.3. The van der Waals surface area contributed by atoms with Crippen molar-refractivity contribution in [1.82, 2.24) is 34.5 Å². The summed E-state index contributed by atoms with van der Waals surface area (Å²) in [7, 11) is 32.6. The van der Waals surface area contributed by atoms with Crippen LogP contribution in [0.15, 0.2) is 182 Å². The minimum Gasteiger partial charge on any atom is -0.308 e. The molecule has 0 atom stereocenters. The lowest BCUT2D eigenvalue weighted by molar-refractivity contribution is 1.06. The summed E-state index contributed by atoms with van der Waals surface area (Å²) in [6.07, 6.45) is 0. The van der Waals surface area contributed by atoms with Gasteiger partial charge in [0.2, 0.25) is 0 Å². The first-order valence-electron chi connectivity index (χ1n) is 21.2. The van der Waals surface area contributed by atoms with Crippen molar-refractivity contribution < 1.29 is 0 Å². The fraction of sp³-hybridized carbons (Fsp3) is 0. The van der Waals surface area contributed by atoms with Gasteiger partial charge in [-0.2, -0.15) is 0 Å². The van der Waals surface area contributed by atoms with Crippen molar-refractivity contribution in [3.05, 3.63) is 182 Å². The van der Waals surface area contributed by atoms with E-state index in [-0.39, 0.29) is 38.7 Å². The predicted molar refractivity (Wildman–Crippen MR) is 273 cm³/mol. The molecule has 0 aliphatic rings. The molecule has 0 amide bonds. The number of para-hydroxylation sites is 1. The fourth-order valence-electron chi connectivity index (χ4n) is 8.44. The standard InChI is InChI=1S/C54H30B5N7/c55-44-43(45(56)47(58)48(59)46(44)57)54-64-51(34-21-11-4-12-22-34)63-53(65-54)39-29-36(52-61-49(32-17-7-2-8-18-32)60-50(62-52)33-19-9-3-10-20-33)26-28-41(39)66-40-24-14-13-23-37(40)38-27-25-35(30-42(38)66)31-15-5-1-6-16-31/h1-30H. The predicted octanol–water partition coefficient (Wildman–Crippen LogP) is 6.79. The Bertz CT molecular complexity index is 3560. The fourth-order valence-corrected chi connectivity index (χ4v) is 8.44. The summed E-state index contributed by atoms with van der Waals surface area (Å²) in [6, 6.07) is 60.7. The first-order valence-corrected chi connectivity index (χ1v) is 21.2. The maximum absolute atomic E-state index is 6.71. The van der Waals surface area contributed by atoms with Gasteiger partial charge in [0.05, 0.1) is 16.7 Å². The highest BCUT2D eigenvalue weighted by Gasteiger charge is 2.23. The summed E-state index contributed by atoms with van der Waals surface area (Å²) >= 11 is 0. The van der Waals surface area contributed by atoms with E-state index in [2.05, 4.69) is 59.2 Å². The van der Waals surface area contributed by atoms with E-state index in [1.165, 1.54) is 0 Å². The summed E-state index contributed by atoms with van der Waals surface area (Å²) in [6.45, 7) is 0. The van der Waals surface area contributed by atoms with Crippen LogP contribution < -0.4 is 27.3 Å². The van der Waals surface area contributed by atoms with Gasteiger partial charge in [-0.25, -0.2) is 29.9 Å². The third kappa shape index (κ3) is 7.21. The molecule has 3 heterocycles. The highest BCUT2D eigenvalue weighted by Crippen LogP contribution is 2.39. The Labute approximate surface area is 388 Å². The number of hydrogen-bond acceptors (Lipinski definition) is 6. The van der Waals surface area contributed by atoms with Crippen LogP contribution in [0.5, 0.6) is 0 Å². The van der Waals surface area contributed by atoms with Gasteiger partial charge in [0.1, 0.15) is 39.2 Å². The quantitative estimate of drug-likeness (QED) is 0.157. The Morgan fingerprint density at radius 2 is 0.697 bits per heavy atom. The Morgan fingerprint density at radius 3 is 1.26 bits per heavy atom. The third-order valence-corrected chi connectivity index (χ3v) is 11.8. The molecule has 11 aromatic rings. The summed E-state index contributed by atoms with van der Waals surface area (Å²) in [5.74, 6) is 2.35. The van der Waals surface area contributed by atoms with Gasteiger partial charge in [-0.1, -0.05) is 163 Å². The van der Waals surface area contributed by atoms with E-state index in [1.54, 1.807) is 0 Å². The molecular weight excluding hydrogens is 801 g/mol. The van der Waals surface area contributed by atoms with Gasteiger partial charge in [0, 0.05) is 44.2 Å². The summed E-state index contributed by atoms with van der Waals surface area (Å²) in [4.78, 5) is 30.5. The highest BCUT2D eigenvalue weighted by molar-refractivity contribution is 6.68. The van der Waals surface area contributed by atoms with Crippen LogP contribution in [0.2, 0.25) is 0 Å². The maximum Gasteiger partial charge on any atom is 0.166 e. The SMILES string of the molecule is [B]c1c([B])c([B])c(-c2nc(-c3ccccc3)nc(-c3cc(-c4nc(-c5ccccc5)nc(-c5ccccc5)n4)ccc3-n3c4ccccc4c4ccc(-c5ccccc5)cc43)n2)c([B])c1[B]. The highest BCUT2D eigenvalue weighted by atomic mass is 15.1. The van der Waals surface area contributed by atoms with Crippen molar-refractivity contribution in [1.29, 1.82) is 0 Å². The lowest BCUT2D eigenvalue weighted by Gasteiger charge is -2.21. The van der Waals surface area contributed by atoms with E-state index in [1.807, 2.05) is 127 Å². The zero-order valence-electron chi connectivity index (χ0n) is 35.3. The zero-order chi connectivity index (χ0) is 44.9. The average Bonchev–Trinajstić information content (AvgIpc) is 3.71. The van der Waals surface area contributed by atoms with Crippen LogP contribution in [0.1, 0.15) is 0 Å². The van der Waals surface area contributed by atoms with Crippen LogP contribution >= 0.6 is 0 Å². The van der Waals surface area contributed by atoms with Gasteiger partial charge < -0.3 is 4.57 Å². The second kappa shape index (κ2) is 16.8. The monoisotopic (exact) mass is 831 g/mol. The molecule has 0 saturated heterocycles. The second-order valence-electron chi connectivity index (χ2n) is 15.8. The summed E-state index contributed by atoms with van der Waals surface area (Å²) in [5.41, 5.74) is 9.38. The lowest BCUT2D eigenvalue weighted by Crippen LogP contribution is -2.55. The normalized spacial score (nSPS) is 11.3. The molecule has 3 aromatic heterocycles. The molecule has 0 aliphatic heterocycles. The van der Waals surface area contributed by atoms with Gasteiger partial charge in [-0.3, -0.25) is 0 Å². The average molecular weight is 831 g/mol. The van der Waals surface area contributed by atoms with Crippen molar-refractivity contribution in [2.45, 2.75) is 0 Å². The molecule has 0 aliphatic carbocycles. The van der Waals surface area contributed by atoms with Crippen LogP contribution in [0.3, 0.4) is 0 Å². The number of benzene rings is 8. The van der Waals surface area contributed by atoms with E-state index in [4.69, 9.17) is 69.1 Å². The van der Waals surface area contributed by atoms with Gasteiger partial charge >= 0.3 is 0 Å². The molecule has 10 radical (unpaired) electrons. The van der Waals surface area contributed by atoms with Crippen molar-refractivity contribution in [2.75, 3.05) is 0 Å². The van der Waals surface area contributed by atoms with Crippen LogP contribution in [0.25, 0.3) is 107 Å². The lowest BCUT2D eigenvalue weighted by atomic mass is 9.60. The van der Waals surface area contributed by atoms with Gasteiger partial charge in [0.15, 0.2) is 34.9 Å². The third-order valence-electron chi connectivity index (χ3n) is 11.8. The Balaban J connectivity index is 1.24. The largest absolute Gasteiger partial charge is 0.308 e. The molecule has 0 bridgehead atoms. The number of rotatable bonds is 8. The molecule has 296 valence electrons. The summed E-state index contributed by atoms with van der Waals surface area (Å²) < 4.78 is 2.25. The Hall–Kier alpha value is -8.10. The van der Waals surface area contributed by atoms with E-state index in [0.29, 0.717) is 40.2 Å². The van der Waals surface area contributed by atoms with Crippen LogP contribution in [0, 0.1) is 0 Å². The molecule has 12 heteroatoms. The number of fused-ring (bicyclic) bond motifs is 3. The first kappa shape index (κ1) is 40.7. The van der Waals surface area contributed by atoms with Crippen molar-refractivity contribution >= 4 is 88.4 Å². The van der Waals surface area contributed by atoms with Gasteiger partial charge in [-0.15, -0.1) is 16.4 Å². The molecule has 0 saturated carbocycles. The molecule has 8 aromatic carbocycles. The topological polar surface area (TPSA) is 82.3 Å². The Morgan fingerprint density at radius 1 is 0.288 bits per heavy atom. The molecular formula is C54H30B5N7. The summed E-state index contributed by atoms with van der Waals surface area (Å²) in [5, 5.41) is 2.15. The van der Waals surface area contributed by atoms with Crippen LogP contribution in [0.4, 0.5) is 0 Å². The van der Waals surface area contributed by atoms with Gasteiger partial charge in [-0.05, 0) is 41.5 Å². The Kier molecular flexibility index (Phi) is 10.3. The van der Waals surface area contributed by atoms with E-state index in [0.717, 1.165) is 55.3 Å². The van der Waals surface area contributed by atoms with E-state index >= 15 is 0 Å². The van der Waals surface area contributed by atoms with Gasteiger partial charge in [0.25, 0.3) is 0 Å². The molecule has 0 fully saturated rings.